The van der Waals surface area contributed by atoms with E-state index in [1.807, 2.05) is 42.5 Å². The van der Waals surface area contributed by atoms with Gasteiger partial charge in [0.15, 0.2) is 0 Å². The fourth-order valence-electron chi connectivity index (χ4n) is 4.18. The van der Waals surface area contributed by atoms with Crippen molar-refractivity contribution in [3.05, 3.63) is 78.0 Å². The Morgan fingerprint density at radius 1 is 1.06 bits per heavy atom. The first-order chi connectivity index (χ1) is 16.1. The number of nitrogens with zero attached hydrogens (tertiary/aromatic N) is 2. The van der Waals surface area contributed by atoms with Gasteiger partial charge in [-0.15, -0.1) is 0 Å². The Balaban J connectivity index is 1.18. The molecule has 0 aliphatic carbocycles. The van der Waals surface area contributed by atoms with Crippen LogP contribution in [-0.4, -0.2) is 39.8 Å². The minimum atomic E-state index is -1.22. The van der Waals surface area contributed by atoms with Crippen LogP contribution in [0.2, 0.25) is 0 Å². The van der Waals surface area contributed by atoms with Crippen molar-refractivity contribution in [3.63, 3.8) is 0 Å². The summed E-state index contributed by atoms with van der Waals surface area (Å²) in [6.45, 7) is 2.96. The second kappa shape index (κ2) is 10.9. The SMILES string of the molecule is O=C(O)c1cnc(C(=O)CCCC2CCN(Cc3cccc(Oc4ccccc4)c3)CC2)o1. The van der Waals surface area contributed by atoms with Crippen molar-refractivity contribution in [1.29, 1.82) is 0 Å². The van der Waals surface area contributed by atoms with Gasteiger partial charge in [-0.05, 0) is 74.5 Å². The van der Waals surface area contributed by atoms with Crippen molar-refractivity contribution < 1.29 is 23.8 Å². The molecule has 0 unspecified atom stereocenters. The number of carbonyl (C=O) groups excluding carboxylic acids is 1. The maximum Gasteiger partial charge on any atom is 0.373 e. The van der Waals surface area contributed by atoms with Gasteiger partial charge in [-0.25, -0.2) is 9.78 Å². The maximum absolute atomic E-state index is 12.2. The van der Waals surface area contributed by atoms with E-state index >= 15 is 0 Å². The molecule has 0 spiro atoms. The van der Waals surface area contributed by atoms with Crippen molar-refractivity contribution in [2.45, 2.75) is 38.6 Å². The normalized spacial score (nSPS) is 14.8. The number of carboxylic acid groups (broad SMARTS) is 1. The van der Waals surface area contributed by atoms with E-state index in [2.05, 4.69) is 22.0 Å². The van der Waals surface area contributed by atoms with Crippen LogP contribution in [0.3, 0.4) is 0 Å². The van der Waals surface area contributed by atoms with Gasteiger partial charge in [0.1, 0.15) is 11.5 Å². The number of hydrogen-bond donors (Lipinski definition) is 1. The van der Waals surface area contributed by atoms with Crippen LogP contribution in [0.4, 0.5) is 0 Å². The molecule has 1 aromatic heterocycles. The van der Waals surface area contributed by atoms with Crippen LogP contribution in [-0.2, 0) is 6.54 Å². The van der Waals surface area contributed by atoms with Crippen LogP contribution < -0.4 is 4.74 Å². The Kier molecular flexibility index (Phi) is 7.52. The summed E-state index contributed by atoms with van der Waals surface area (Å²) in [7, 11) is 0. The minimum absolute atomic E-state index is 0.110. The zero-order valence-electron chi connectivity index (χ0n) is 18.5. The van der Waals surface area contributed by atoms with Gasteiger partial charge in [0.25, 0.3) is 5.89 Å². The number of aromatic nitrogens is 1. The van der Waals surface area contributed by atoms with Gasteiger partial charge in [-0.3, -0.25) is 9.69 Å². The molecular formula is C26H28N2O5. The first kappa shape index (κ1) is 22.7. The molecule has 0 atom stereocenters. The van der Waals surface area contributed by atoms with Crippen LogP contribution in [0.5, 0.6) is 11.5 Å². The average molecular weight is 449 g/mol. The molecule has 3 aromatic rings. The van der Waals surface area contributed by atoms with E-state index in [-0.39, 0.29) is 17.4 Å². The molecule has 0 amide bonds. The standard InChI is InChI=1S/C26H28N2O5/c29-23(25-27-17-24(33-25)26(30)31)11-5-6-19-12-14-28(15-13-19)18-20-7-4-10-22(16-20)32-21-8-2-1-3-9-21/h1-4,7-10,16-17,19H,5-6,11-15,18H2,(H,30,31). The average Bonchev–Trinajstić information content (AvgIpc) is 3.32. The van der Waals surface area contributed by atoms with Gasteiger partial charge in [0.05, 0.1) is 6.20 Å². The van der Waals surface area contributed by atoms with Gasteiger partial charge in [0.2, 0.25) is 11.5 Å². The fraction of sp³-hybridized carbons (Fsp3) is 0.346. The fourth-order valence-corrected chi connectivity index (χ4v) is 4.18. The topological polar surface area (TPSA) is 92.9 Å². The number of likely N-dealkylation sites (tertiary alicyclic amines) is 1. The molecule has 7 heteroatoms. The van der Waals surface area contributed by atoms with Gasteiger partial charge in [-0.1, -0.05) is 30.3 Å². The van der Waals surface area contributed by atoms with Crippen molar-refractivity contribution in [1.82, 2.24) is 9.88 Å². The zero-order valence-corrected chi connectivity index (χ0v) is 18.5. The second-order valence-corrected chi connectivity index (χ2v) is 8.43. The minimum Gasteiger partial charge on any atom is -0.475 e. The summed E-state index contributed by atoms with van der Waals surface area (Å²) in [5, 5.41) is 8.86. The molecule has 33 heavy (non-hydrogen) atoms. The van der Waals surface area contributed by atoms with Crippen molar-refractivity contribution >= 4 is 11.8 Å². The third-order valence-corrected chi connectivity index (χ3v) is 5.96. The summed E-state index contributed by atoms with van der Waals surface area (Å²) in [5.74, 6) is 0.407. The Morgan fingerprint density at radius 2 is 1.82 bits per heavy atom. The lowest BCUT2D eigenvalue weighted by Gasteiger charge is -2.32. The Morgan fingerprint density at radius 3 is 2.55 bits per heavy atom. The molecule has 0 radical (unpaired) electrons. The highest BCUT2D eigenvalue weighted by Gasteiger charge is 2.21. The summed E-state index contributed by atoms with van der Waals surface area (Å²) in [4.78, 5) is 29.2. The number of piperidine rings is 1. The van der Waals surface area contributed by atoms with E-state index in [9.17, 15) is 9.59 Å². The number of aromatic carboxylic acids is 1. The van der Waals surface area contributed by atoms with E-state index in [0.717, 1.165) is 63.0 Å². The smallest absolute Gasteiger partial charge is 0.373 e. The van der Waals surface area contributed by atoms with E-state index in [1.165, 1.54) is 5.56 Å². The molecule has 1 aliphatic heterocycles. The molecule has 0 saturated carbocycles. The summed E-state index contributed by atoms with van der Waals surface area (Å²) >= 11 is 0. The van der Waals surface area contributed by atoms with Gasteiger partial charge in [0, 0.05) is 13.0 Å². The zero-order chi connectivity index (χ0) is 23.0. The number of ketones is 1. The molecule has 172 valence electrons. The molecule has 1 fully saturated rings. The van der Waals surface area contributed by atoms with Gasteiger partial charge in [-0.2, -0.15) is 0 Å². The Bertz CT molecular complexity index is 1070. The monoisotopic (exact) mass is 448 g/mol. The predicted molar refractivity (Wildman–Crippen MR) is 123 cm³/mol. The molecule has 2 aromatic carbocycles. The van der Waals surface area contributed by atoms with Crippen LogP contribution in [0.15, 0.2) is 65.2 Å². The lowest BCUT2D eigenvalue weighted by Crippen LogP contribution is -2.33. The lowest BCUT2D eigenvalue weighted by molar-refractivity contribution is 0.0659. The third kappa shape index (κ3) is 6.52. The highest BCUT2D eigenvalue weighted by molar-refractivity contribution is 5.93. The molecule has 1 aliphatic rings. The highest BCUT2D eigenvalue weighted by Crippen LogP contribution is 2.26. The number of Topliss-reactive ketones (excluding diaryl/α,β-unsaturated/α-hetero) is 1. The molecule has 0 bridgehead atoms. The molecule has 2 heterocycles. The molecule has 7 nitrogen and oxygen atoms in total. The van der Waals surface area contributed by atoms with E-state index < -0.39 is 5.97 Å². The van der Waals surface area contributed by atoms with E-state index in [0.29, 0.717) is 12.3 Å². The first-order valence-electron chi connectivity index (χ1n) is 11.3. The second-order valence-electron chi connectivity index (χ2n) is 8.43. The van der Waals surface area contributed by atoms with Crippen LogP contribution in [0.1, 0.15) is 58.9 Å². The molecular weight excluding hydrogens is 420 g/mol. The Labute approximate surface area is 193 Å². The van der Waals surface area contributed by atoms with Crippen LogP contribution in [0.25, 0.3) is 0 Å². The molecule has 1 N–H and O–H groups in total. The number of carbonyl (C=O) groups is 2. The number of carboxylic acids is 1. The van der Waals surface area contributed by atoms with Crippen LogP contribution >= 0.6 is 0 Å². The quantitative estimate of drug-likeness (QED) is 0.413. The summed E-state index contributed by atoms with van der Waals surface area (Å²) < 4.78 is 10.9. The highest BCUT2D eigenvalue weighted by atomic mass is 16.5. The number of ether oxygens (including phenoxy) is 1. The van der Waals surface area contributed by atoms with Crippen molar-refractivity contribution in [2.24, 2.45) is 5.92 Å². The maximum atomic E-state index is 12.2. The number of hydrogen-bond acceptors (Lipinski definition) is 6. The van der Waals surface area contributed by atoms with E-state index in [4.69, 9.17) is 14.3 Å². The Hall–Kier alpha value is -3.45. The number of oxazole rings is 1. The number of para-hydroxylation sites is 1. The van der Waals surface area contributed by atoms with Crippen LogP contribution in [0, 0.1) is 5.92 Å². The van der Waals surface area contributed by atoms with Gasteiger partial charge < -0.3 is 14.3 Å². The van der Waals surface area contributed by atoms with Gasteiger partial charge >= 0.3 is 5.97 Å². The summed E-state index contributed by atoms with van der Waals surface area (Å²) in [6.07, 6.45) is 5.36. The predicted octanol–water partition coefficient (Wildman–Crippen LogP) is 5.43. The third-order valence-electron chi connectivity index (χ3n) is 5.96. The first-order valence-corrected chi connectivity index (χ1v) is 11.3. The summed E-state index contributed by atoms with van der Waals surface area (Å²) in [6, 6.07) is 18.0. The number of rotatable bonds is 10. The number of benzene rings is 2. The lowest BCUT2D eigenvalue weighted by atomic mass is 9.91. The van der Waals surface area contributed by atoms with E-state index in [1.54, 1.807) is 0 Å². The molecule has 1 saturated heterocycles. The van der Waals surface area contributed by atoms with Crippen molar-refractivity contribution in [2.75, 3.05) is 13.1 Å². The van der Waals surface area contributed by atoms with Crippen molar-refractivity contribution in [3.8, 4) is 11.5 Å². The largest absolute Gasteiger partial charge is 0.475 e. The summed E-state index contributed by atoms with van der Waals surface area (Å²) in [5.41, 5.74) is 1.24. The molecule has 4 rings (SSSR count).